The molecule has 2 atom stereocenters. The van der Waals surface area contributed by atoms with Gasteiger partial charge in [-0.2, -0.15) is 0 Å². The quantitative estimate of drug-likeness (QED) is 0.581. The Morgan fingerprint density at radius 2 is 1.72 bits per heavy atom. The summed E-state index contributed by atoms with van der Waals surface area (Å²) in [5.74, 6) is -0.842. The topological polar surface area (TPSA) is 72.5 Å². The van der Waals surface area contributed by atoms with Crippen molar-refractivity contribution in [1.29, 1.82) is 0 Å². The molecule has 0 aliphatic rings. The van der Waals surface area contributed by atoms with Crippen LogP contribution in [0.25, 0.3) is 0 Å². The molecule has 2 rings (SSSR count). The van der Waals surface area contributed by atoms with Crippen molar-refractivity contribution in [3.8, 4) is 0 Å². The van der Waals surface area contributed by atoms with E-state index < -0.39 is 23.0 Å². The van der Waals surface area contributed by atoms with Gasteiger partial charge in [0, 0.05) is 6.42 Å². The van der Waals surface area contributed by atoms with Gasteiger partial charge in [0.2, 0.25) is 0 Å². The molecule has 0 fully saturated rings. The van der Waals surface area contributed by atoms with Crippen LogP contribution < -0.4 is 4.72 Å². The average molecular weight is 359 g/mol. The Bertz CT molecular complexity index is 744. The van der Waals surface area contributed by atoms with Crippen molar-refractivity contribution in [3.05, 3.63) is 65.7 Å². The lowest BCUT2D eigenvalue weighted by Gasteiger charge is -2.18. The highest BCUT2D eigenvalue weighted by Crippen LogP contribution is 2.20. The van der Waals surface area contributed by atoms with E-state index in [0.717, 1.165) is 11.1 Å². The van der Waals surface area contributed by atoms with E-state index in [1.165, 1.54) is 7.11 Å². The number of ether oxygens (including phenoxy) is 1. The third kappa shape index (κ3) is 5.92. The van der Waals surface area contributed by atoms with E-state index >= 15 is 0 Å². The molecule has 0 saturated carbocycles. The molecule has 0 saturated heterocycles. The molecule has 0 heterocycles. The van der Waals surface area contributed by atoms with Crippen molar-refractivity contribution >= 4 is 22.7 Å². The summed E-state index contributed by atoms with van der Waals surface area (Å²) in [6.07, 6.45) is -0.241. The Hall–Kier alpha value is -2.31. The van der Waals surface area contributed by atoms with Crippen molar-refractivity contribution in [2.75, 3.05) is 7.11 Å². The minimum Gasteiger partial charge on any atom is -0.469 e. The number of rotatable bonds is 8. The summed E-state index contributed by atoms with van der Waals surface area (Å²) in [4.78, 5) is 24.0. The number of methoxy groups -OCH3 is 1. The van der Waals surface area contributed by atoms with Crippen LogP contribution in [0.5, 0.6) is 0 Å². The number of hydrogen-bond acceptors (Lipinski definition) is 4. The molecular weight excluding hydrogens is 338 g/mol. The predicted molar refractivity (Wildman–Crippen MR) is 96.2 cm³/mol. The van der Waals surface area contributed by atoms with E-state index in [9.17, 15) is 13.8 Å². The highest BCUT2D eigenvalue weighted by atomic mass is 32.2. The van der Waals surface area contributed by atoms with Gasteiger partial charge in [0.25, 0.3) is 0 Å². The zero-order chi connectivity index (χ0) is 18.2. The lowest BCUT2D eigenvalue weighted by molar-refractivity contribution is -0.143. The molecule has 0 aliphatic carbocycles. The van der Waals surface area contributed by atoms with Crippen LogP contribution in [-0.2, 0) is 25.3 Å². The summed E-state index contributed by atoms with van der Waals surface area (Å²) < 4.78 is 20.1. The van der Waals surface area contributed by atoms with Crippen LogP contribution in [0.4, 0.5) is 0 Å². The first-order valence-corrected chi connectivity index (χ1v) is 9.02. The minimum atomic E-state index is -1.47. The molecular formula is C19H21NO4S. The average Bonchev–Trinajstić information content (AvgIpc) is 2.62. The molecule has 0 unspecified atom stereocenters. The summed E-state index contributed by atoms with van der Waals surface area (Å²) >= 11 is 0. The number of benzene rings is 2. The number of aryl methyl sites for hydroxylation is 1. The van der Waals surface area contributed by atoms with Crippen LogP contribution in [0.1, 0.15) is 30.0 Å². The van der Waals surface area contributed by atoms with Crippen LogP contribution in [0.3, 0.4) is 0 Å². The highest BCUT2D eigenvalue weighted by molar-refractivity contribution is 7.83. The maximum absolute atomic E-state index is 12.6. The maximum atomic E-state index is 12.6. The smallest absolute Gasteiger partial charge is 0.313 e. The normalized spacial score (nSPS) is 13.0. The zero-order valence-electron chi connectivity index (χ0n) is 14.2. The number of nitrogens with one attached hydrogen (secondary N) is 1. The monoisotopic (exact) mass is 359 g/mol. The van der Waals surface area contributed by atoms with E-state index in [-0.39, 0.29) is 18.6 Å². The molecule has 0 amide bonds. The van der Waals surface area contributed by atoms with E-state index in [0.29, 0.717) is 4.90 Å². The number of carbonyl (C=O) groups excluding carboxylic acids is 2. The Labute approximate surface area is 150 Å². The number of hydrogen-bond donors (Lipinski definition) is 1. The lowest BCUT2D eigenvalue weighted by Crippen LogP contribution is -2.26. The standard InChI is InChI=1S/C19H21NO4S/c1-14-8-10-17(11-9-14)25(23)20-18(15-6-4-3-5-7-15)12-16(21)13-19(22)24-2/h3-11,18,20H,12-13H2,1-2H3/t18-,25+/m1/s1. The second-order valence-electron chi connectivity index (χ2n) is 5.66. The van der Waals surface area contributed by atoms with E-state index in [1.807, 2.05) is 49.4 Å². The Kier molecular flexibility index (Phi) is 7.03. The third-order valence-electron chi connectivity index (χ3n) is 3.69. The molecule has 0 radical (unpaired) electrons. The zero-order valence-corrected chi connectivity index (χ0v) is 15.0. The molecule has 0 spiro atoms. The van der Waals surface area contributed by atoms with Crippen molar-refractivity contribution < 1.29 is 18.5 Å². The van der Waals surface area contributed by atoms with Crippen LogP contribution in [-0.4, -0.2) is 23.1 Å². The van der Waals surface area contributed by atoms with Crippen molar-refractivity contribution in [1.82, 2.24) is 4.72 Å². The van der Waals surface area contributed by atoms with Gasteiger partial charge in [0.15, 0.2) is 0 Å². The van der Waals surface area contributed by atoms with Gasteiger partial charge in [0.05, 0.1) is 18.0 Å². The Morgan fingerprint density at radius 1 is 1.08 bits per heavy atom. The first-order chi connectivity index (χ1) is 12.0. The van der Waals surface area contributed by atoms with Gasteiger partial charge < -0.3 is 4.74 Å². The molecule has 1 N–H and O–H groups in total. The van der Waals surface area contributed by atoms with Gasteiger partial charge >= 0.3 is 5.97 Å². The third-order valence-corrected chi connectivity index (χ3v) is 4.89. The van der Waals surface area contributed by atoms with Crippen LogP contribution in [0, 0.1) is 6.92 Å². The van der Waals surface area contributed by atoms with Gasteiger partial charge in [-0.25, -0.2) is 8.93 Å². The summed E-state index contributed by atoms with van der Waals surface area (Å²) in [6, 6.07) is 16.2. The number of ketones is 1. The van der Waals surface area contributed by atoms with Gasteiger partial charge in [-0.1, -0.05) is 48.0 Å². The van der Waals surface area contributed by atoms with Crippen LogP contribution >= 0.6 is 0 Å². The second-order valence-corrected chi connectivity index (χ2v) is 6.90. The molecule has 2 aromatic rings. The first-order valence-electron chi connectivity index (χ1n) is 7.87. The Morgan fingerprint density at radius 3 is 2.32 bits per heavy atom. The second kappa shape index (κ2) is 9.25. The fourth-order valence-electron chi connectivity index (χ4n) is 2.31. The van der Waals surface area contributed by atoms with Crippen molar-refractivity contribution in [2.45, 2.75) is 30.7 Å². The molecule has 132 valence electrons. The summed E-state index contributed by atoms with van der Waals surface area (Å²) in [7, 11) is -0.227. The number of carbonyl (C=O) groups is 2. The van der Waals surface area contributed by atoms with Crippen molar-refractivity contribution in [2.24, 2.45) is 0 Å². The summed E-state index contributed by atoms with van der Waals surface area (Å²) in [5.41, 5.74) is 1.91. The fraction of sp³-hybridized carbons (Fsp3) is 0.263. The molecule has 2 aromatic carbocycles. The van der Waals surface area contributed by atoms with Gasteiger partial charge in [-0.05, 0) is 24.6 Å². The minimum absolute atomic E-state index is 0.0523. The van der Waals surface area contributed by atoms with Crippen LogP contribution in [0.15, 0.2) is 59.5 Å². The highest BCUT2D eigenvalue weighted by Gasteiger charge is 2.20. The first kappa shape index (κ1) is 19.0. The predicted octanol–water partition coefficient (Wildman–Crippen LogP) is 2.87. The summed E-state index contributed by atoms with van der Waals surface area (Å²) in [5, 5.41) is 0. The largest absolute Gasteiger partial charge is 0.469 e. The van der Waals surface area contributed by atoms with E-state index in [1.54, 1.807) is 12.1 Å². The fourth-order valence-corrected chi connectivity index (χ4v) is 3.30. The SMILES string of the molecule is COC(=O)CC(=O)C[C@@H](N[S@@](=O)c1ccc(C)cc1)c1ccccc1. The van der Waals surface area contributed by atoms with Gasteiger partial charge in [-0.15, -0.1) is 0 Å². The summed E-state index contributed by atoms with van der Waals surface area (Å²) in [6.45, 7) is 1.96. The number of esters is 1. The van der Waals surface area contributed by atoms with Crippen LogP contribution in [0.2, 0.25) is 0 Å². The molecule has 6 heteroatoms. The maximum Gasteiger partial charge on any atom is 0.313 e. The van der Waals surface area contributed by atoms with E-state index in [2.05, 4.69) is 9.46 Å². The lowest BCUT2D eigenvalue weighted by atomic mass is 10.0. The molecule has 0 bridgehead atoms. The molecule has 0 aliphatic heterocycles. The van der Waals surface area contributed by atoms with E-state index in [4.69, 9.17) is 0 Å². The molecule has 0 aromatic heterocycles. The molecule has 25 heavy (non-hydrogen) atoms. The van der Waals surface area contributed by atoms with Gasteiger partial charge in [-0.3, -0.25) is 9.59 Å². The molecule has 5 nitrogen and oxygen atoms in total. The van der Waals surface area contributed by atoms with Gasteiger partial charge in [0.1, 0.15) is 23.2 Å². The van der Waals surface area contributed by atoms with Crippen molar-refractivity contribution in [3.63, 3.8) is 0 Å². The number of Topliss-reactive ketones (excluding diaryl/α,β-unsaturated/α-hetero) is 1. The Balaban J connectivity index is 2.14.